The van der Waals surface area contributed by atoms with Crippen LogP contribution in [-0.2, 0) is 9.53 Å². The first-order valence-electron chi connectivity index (χ1n) is 6.78. The summed E-state index contributed by atoms with van der Waals surface area (Å²) in [5.41, 5.74) is -1.09. The Kier molecular flexibility index (Phi) is 6.47. The second-order valence-electron chi connectivity index (χ2n) is 7.04. The third kappa shape index (κ3) is 7.99. The maximum absolute atomic E-state index is 12.1. The molecule has 0 saturated carbocycles. The molecule has 0 aliphatic heterocycles. The predicted octanol–water partition coefficient (Wildman–Crippen LogP) is 1.42. The molecule has 3 N–H and O–H groups in total. The van der Waals surface area contributed by atoms with E-state index in [0.29, 0.717) is 0 Å². The minimum Gasteiger partial charge on any atom is -0.444 e. The summed E-state index contributed by atoms with van der Waals surface area (Å²) in [5, 5.41) is 14.4. The van der Waals surface area contributed by atoms with Gasteiger partial charge in [-0.05, 0) is 33.1 Å². The second kappa shape index (κ2) is 6.92. The maximum Gasteiger partial charge on any atom is 0.408 e. The highest BCUT2D eigenvalue weighted by atomic mass is 16.6. The van der Waals surface area contributed by atoms with Crippen LogP contribution in [0.2, 0.25) is 0 Å². The molecule has 0 spiro atoms. The van der Waals surface area contributed by atoms with Crippen LogP contribution in [0.5, 0.6) is 0 Å². The summed E-state index contributed by atoms with van der Waals surface area (Å²) < 4.78 is 5.16. The highest BCUT2D eigenvalue weighted by Crippen LogP contribution is 2.20. The molecule has 0 aromatic carbocycles. The lowest BCUT2D eigenvalue weighted by atomic mass is 9.86. The van der Waals surface area contributed by atoms with Crippen molar-refractivity contribution in [1.82, 2.24) is 10.6 Å². The highest BCUT2D eigenvalue weighted by molar-refractivity contribution is 5.86. The average Bonchev–Trinajstić information content (AvgIpc) is 2.18. The van der Waals surface area contributed by atoms with E-state index in [1.807, 2.05) is 20.8 Å². The van der Waals surface area contributed by atoms with E-state index in [9.17, 15) is 14.7 Å². The molecule has 0 unspecified atom stereocenters. The van der Waals surface area contributed by atoms with E-state index < -0.39 is 29.3 Å². The smallest absolute Gasteiger partial charge is 0.408 e. The summed E-state index contributed by atoms with van der Waals surface area (Å²) in [6.45, 7) is 12.5. The fraction of sp³-hybridized carbons (Fsp3) is 0.857. The molecule has 0 fully saturated rings. The monoisotopic (exact) mass is 288 g/mol. The number of aliphatic hydroxyl groups is 1. The van der Waals surface area contributed by atoms with Gasteiger partial charge in [0, 0.05) is 6.54 Å². The van der Waals surface area contributed by atoms with Gasteiger partial charge in [-0.1, -0.05) is 20.8 Å². The third-order valence-corrected chi connectivity index (χ3v) is 2.36. The van der Waals surface area contributed by atoms with Gasteiger partial charge in [0.25, 0.3) is 0 Å². The molecular formula is C14H28N2O4. The van der Waals surface area contributed by atoms with Crippen molar-refractivity contribution in [3.8, 4) is 0 Å². The molecule has 0 saturated heterocycles. The zero-order valence-electron chi connectivity index (χ0n) is 13.5. The molecule has 6 heteroatoms. The van der Waals surface area contributed by atoms with Crippen molar-refractivity contribution in [3.63, 3.8) is 0 Å². The van der Waals surface area contributed by atoms with Crippen LogP contribution >= 0.6 is 0 Å². The van der Waals surface area contributed by atoms with Gasteiger partial charge in [0.2, 0.25) is 5.91 Å². The molecule has 0 radical (unpaired) electrons. The molecule has 20 heavy (non-hydrogen) atoms. The van der Waals surface area contributed by atoms with Crippen LogP contribution in [-0.4, -0.2) is 41.4 Å². The highest BCUT2D eigenvalue weighted by Gasteiger charge is 2.34. The van der Waals surface area contributed by atoms with E-state index in [4.69, 9.17) is 4.74 Å². The number of carbonyl (C=O) groups excluding carboxylic acids is 2. The van der Waals surface area contributed by atoms with Gasteiger partial charge in [0.15, 0.2) is 0 Å². The summed E-state index contributed by atoms with van der Waals surface area (Å²) in [4.78, 5) is 23.9. The number of hydrogen-bond donors (Lipinski definition) is 3. The molecule has 0 heterocycles. The van der Waals surface area contributed by atoms with E-state index in [2.05, 4.69) is 10.6 Å². The van der Waals surface area contributed by atoms with E-state index >= 15 is 0 Å². The topological polar surface area (TPSA) is 87.7 Å². The van der Waals surface area contributed by atoms with Gasteiger partial charge in [-0.3, -0.25) is 4.79 Å². The zero-order valence-corrected chi connectivity index (χ0v) is 13.5. The fourth-order valence-electron chi connectivity index (χ4n) is 1.45. The first-order chi connectivity index (χ1) is 8.83. The Morgan fingerprint density at radius 3 is 2.00 bits per heavy atom. The number of rotatable bonds is 4. The van der Waals surface area contributed by atoms with Crippen LogP contribution in [0.25, 0.3) is 0 Å². The molecule has 0 aromatic rings. The molecule has 0 rings (SSSR count). The first kappa shape index (κ1) is 18.7. The van der Waals surface area contributed by atoms with E-state index in [1.54, 1.807) is 27.7 Å². The number of ether oxygens (including phenoxy) is 1. The summed E-state index contributed by atoms with van der Waals surface area (Å²) >= 11 is 0. The van der Waals surface area contributed by atoms with Crippen molar-refractivity contribution >= 4 is 12.0 Å². The van der Waals surface area contributed by atoms with Crippen molar-refractivity contribution in [2.24, 2.45) is 5.41 Å². The van der Waals surface area contributed by atoms with Gasteiger partial charge < -0.3 is 20.5 Å². The fourth-order valence-corrected chi connectivity index (χ4v) is 1.45. The van der Waals surface area contributed by atoms with Crippen molar-refractivity contribution in [2.75, 3.05) is 6.54 Å². The van der Waals surface area contributed by atoms with Gasteiger partial charge in [-0.2, -0.15) is 0 Å². The van der Waals surface area contributed by atoms with Crippen LogP contribution in [0.4, 0.5) is 4.79 Å². The largest absolute Gasteiger partial charge is 0.444 e. The van der Waals surface area contributed by atoms with E-state index in [-0.39, 0.29) is 12.5 Å². The number of aliphatic hydroxyl groups excluding tert-OH is 1. The summed E-state index contributed by atoms with van der Waals surface area (Å²) in [6.07, 6.45) is -1.27. The minimum atomic E-state index is -0.740. The normalized spacial score (nSPS) is 15.2. The van der Waals surface area contributed by atoms with Crippen LogP contribution in [0.3, 0.4) is 0 Å². The summed E-state index contributed by atoms with van der Waals surface area (Å²) in [5.74, 6) is -0.343. The SMILES string of the molecule is C[C@H](O)CNC(=O)[C@@H](NC(=O)OC(C)(C)C)C(C)(C)C. The molecule has 0 bridgehead atoms. The molecule has 118 valence electrons. The molecular weight excluding hydrogens is 260 g/mol. The Balaban J connectivity index is 4.75. The van der Waals surface area contributed by atoms with E-state index in [0.717, 1.165) is 0 Å². The van der Waals surface area contributed by atoms with Crippen molar-refractivity contribution < 1.29 is 19.4 Å². The first-order valence-corrected chi connectivity index (χ1v) is 6.78. The number of hydrogen-bond acceptors (Lipinski definition) is 4. The maximum atomic E-state index is 12.1. The van der Waals surface area contributed by atoms with Gasteiger partial charge >= 0.3 is 6.09 Å². The Morgan fingerprint density at radius 2 is 1.65 bits per heavy atom. The summed E-state index contributed by atoms with van der Waals surface area (Å²) in [6, 6.07) is -0.740. The lowest BCUT2D eigenvalue weighted by Gasteiger charge is -2.31. The lowest BCUT2D eigenvalue weighted by Crippen LogP contribution is -2.55. The van der Waals surface area contributed by atoms with Crippen LogP contribution in [0.15, 0.2) is 0 Å². The molecule has 2 atom stereocenters. The Morgan fingerprint density at radius 1 is 1.15 bits per heavy atom. The molecule has 0 aromatic heterocycles. The van der Waals surface area contributed by atoms with Crippen LogP contribution in [0.1, 0.15) is 48.5 Å². The van der Waals surface area contributed by atoms with Gasteiger partial charge in [-0.25, -0.2) is 4.79 Å². The molecule has 6 nitrogen and oxygen atoms in total. The molecule has 2 amide bonds. The lowest BCUT2D eigenvalue weighted by molar-refractivity contribution is -0.126. The number of carbonyl (C=O) groups is 2. The summed E-state index contributed by atoms with van der Waals surface area (Å²) in [7, 11) is 0. The number of amides is 2. The standard InChI is InChI=1S/C14H28N2O4/c1-9(17)8-15-11(18)10(13(2,3)4)16-12(19)20-14(5,6)7/h9-10,17H,8H2,1-7H3,(H,15,18)(H,16,19)/t9-,10+/m0/s1. The number of nitrogens with one attached hydrogen (secondary N) is 2. The minimum absolute atomic E-state index is 0.140. The Bertz CT molecular complexity index is 340. The van der Waals surface area contributed by atoms with Crippen LogP contribution < -0.4 is 10.6 Å². The molecule has 0 aliphatic carbocycles. The van der Waals surface area contributed by atoms with Crippen molar-refractivity contribution in [1.29, 1.82) is 0 Å². The van der Waals surface area contributed by atoms with Gasteiger partial charge in [0.05, 0.1) is 6.10 Å². The van der Waals surface area contributed by atoms with Crippen molar-refractivity contribution in [3.05, 3.63) is 0 Å². The van der Waals surface area contributed by atoms with E-state index in [1.165, 1.54) is 0 Å². The quantitative estimate of drug-likeness (QED) is 0.730. The molecule has 0 aliphatic rings. The van der Waals surface area contributed by atoms with Crippen molar-refractivity contribution in [2.45, 2.75) is 66.2 Å². The Labute approximate surface area is 121 Å². The Hall–Kier alpha value is -1.30. The van der Waals surface area contributed by atoms with Crippen LogP contribution in [0, 0.1) is 5.41 Å². The second-order valence-corrected chi connectivity index (χ2v) is 7.04. The van der Waals surface area contributed by atoms with Gasteiger partial charge in [-0.15, -0.1) is 0 Å². The predicted molar refractivity (Wildman–Crippen MR) is 77.3 cm³/mol. The number of alkyl carbamates (subject to hydrolysis) is 1. The average molecular weight is 288 g/mol. The zero-order chi connectivity index (χ0) is 16.1. The van der Waals surface area contributed by atoms with Gasteiger partial charge in [0.1, 0.15) is 11.6 Å². The third-order valence-electron chi connectivity index (χ3n) is 2.36.